The van der Waals surface area contributed by atoms with E-state index >= 15 is 0 Å². The van der Waals surface area contributed by atoms with Crippen molar-refractivity contribution in [1.29, 1.82) is 0 Å². The standard InChI is InChI=1S/C45H44B15N3O/c46-26-19(27(47)29(49)21(28(26)48)22-32(52)33(53)23-24-34(54)38(58)39(59)40(60)42(24)64-41(23)37(22)57)20-30(50)35(55)25(36(56)31(20)51)45-62-43(17-9-5-2-6-10-17)61-44(63-45)18-13-11-16(12-14-18)15-7-3-1-4-8-15/h1-14H,46-60H2. The summed E-state index contributed by atoms with van der Waals surface area (Å²) >= 11 is 0. The van der Waals surface area contributed by atoms with E-state index in [4.69, 9.17) is 19.4 Å². The lowest BCUT2D eigenvalue weighted by atomic mass is 9.56. The maximum Gasteiger partial charge on any atom is 0.164 e. The van der Waals surface area contributed by atoms with Crippen LogP contribution in [0.15, 0.2) is 89.3 Å². The second-order valence-electron chi connectivity index (χ2n) is 18.4. The first-order chi connectivity index (χ1) is 30.5. The minimum atomic E-state index is 0.660. The van der Waals surface area contributed by atoms with E-state index in [9.17, 15) is 0 Å². The Morgan fingerprint density at radius 2 is 0.547 bits per heavy atom. The van der Waals surface area contributed by atoms with Gasteiger partial charge >= 0.3 is 0 Å². The number of aromatic nitrogens is 3. The Bertz CT molecular complexity index is 3380. The second kappa shape index (κ2) is 16.4. The number of fused-ring (bicyclic) bond motifs is 3. The Labute approximate surface area is 391 Å². The molecule has 0 aliphatic heterocycles. The number of hydrogen-bond donors (Lipinski definition) is 0. The van der Waals surface area contributed by atoms with Crippen LogP contribution in [0, 0.1) is 0 Å². The molecular weight excluding hydrogens is 761 g/mol. The lowest BCUT2D eigenvalue weighted by molar-refractivity contribution is 0.675. The third kappa shape index (κ3) is 6.71. The van der Waals surface area contributed by atoms with E-state index in [0.29, 0.717) is 17.5 Å². The van der Waals surface area contributed by atoms with Crippen molar-refractivity contribution in [2.24, 2.45) is 0 Å². The third-order valence-corrected chi connectivity index (χ3v) is 15.2. The van der Waals surface area contributed by atoms with Gasteiger partial charge in [0.2, 0.25) is 0 Å². The van der Waals surface area contributed by atoms with Gasteiger partial charge in [-0.25, -0.2) is 15.0 Å². The molecular formula is C45H44B15N3O. The van der Waals surface area contributed by atoms with Crippen molar-refractivity contribution >= 4 is 222 Å². The molecule has 0 bridgehead atoms. The van der Waals surface area contributed by atoms with Gasteiger partial charge in [-0.2, -0.15) is 0 Å². The van der Waals surface area contributed by atoms with E-state index in [2.05, 4.69) is 178 Å². The van der Waals surface area contributed by atoms with Gasteiger partial charge in [0.05, 0.1) is 0 Å². The molecule has 0 saturated heterocycles. The van der Waals surface area contributed by atoms with E-state index in [-0.39, 0.29) is 0 Å². The molecule has 0 spiro atoms. The van der Waals surface area contributed by atoms with Crippen molar-refractivity contribution in [3.63, 3.8) is 0 Å². The molecule has 7 aromatic carbocycles. The van der Waals surface area contributed by atoms with E-state index in [1.165, 1.54) is 121 Å². The maximum absolute atomic E-state index is 6.94. The summed E-state index contributed by atoms with van der Waals surface area (Å²) in [6, 6.07) is 29.3. The van der Waals surface area contributed by atoms with Gasteiger partial charge in [0.15, 0.2) is 17.5 Å². The molecule has 0 N–H and O–H groups in total. The van der Waals surface area contributed by atoms with Crippen LogP contribution in [-0.4, -0.2) is 133 Å². The first-order valence-electron chi connectivity index (χ1n) is 22.6. The average molecular weight is 805 g/mol. The Morgan fingerprint density at radius 3 is 1.02 bits per heavy atom. The van der Waals surface area contributed by atoms with Crippen LogP contribution < -0.4 is 81.9 Å². The van der Waals surface area contributed by atoms with Gasteiger partial charge in [0.25, 0.3) is 0 Å². The SMILES string of the molecule is Bc1c(B)c(-c2c(B)c(B)c(-c3c(B)c(B)c4c(oc5c(B)c(B)c(B)c(B)c54)c3B)c(B)c2B)c(B)c(B)c1-c1nc(-c2ccccc2)nc(-c2ccc(-c3ccccc3)cc2)n1. The van der Waals surface area contributed by atoms with Gasteiger partial charge in [0.1, 0.15) is 129 Å². The van der Waals surface area contributed by atoms with Gasteiger partial charge in [-0.15, -0.1) is 5.46 Å². The highest BCUT2D eigenvalue weighted by molar-refractivity contribution is 6.71. The highest BCUT2D eigenvalue weighted by atomic mass is 16.3. The molecule has 290 valence electrons. The van der Waals surface area contributed by atoms with Gasteiger partial charge in [-0.3, -0.25) is 0 Å². The zero-order valence-corrected chi connectivity index (χ0v) is 40.3. The Balaban J connectivity index is 1.21. The molecule has 0 aliphatic rings. The predicted octanol–water partition coefficient (Wildman–Crippen LogP) is -14.4. The molecule has 4 nitrogen and oxygen atoms in total. The fraction of sp³-hybridized carbons (Fsp3) is 0. The molecule has 0 unspecified atom stereocenters. The maximum atomic E-state index is 6.94. The highest BCUT2D eigenvalue weighted by Gasteiger charge is 2.27. The highest BCUT2D eigenvalue weighted by Crippen LogP contribution is 2.28. The summed E-state index contributed by atoms with van der Waals surface area (Å²) in [7, 11) is 34.1. The molecule has 0 atom stereocenters. The van der Waals surface area contributed by atoms with E-state index < -0.39 is 0 Å². The molecule has 9 aromatic rings. The lowest BCUT2D eigenvalue weighted by Gasteiger charge is -2.29. The van der Waals surface area contributed by atoms with Crippen LogP contribution >= 0.6 is 0 Å². The summed E-state index contributed by atoms with van der Waals surface area (Å²) in [5.41, 5.74) is 31.7. The van der Waals surface area contributed by atoms with E-state index in [0.717, 1.165) is 33.4 Å². The molecule has 0 saturated carbocycles. The zero-order valence-electron chi connectivity index (χ0n) is 40.3. The van der Waals surface area contributed by atoms with Crippen molar-refractivity contribution in [2.75, 3.05) is 0 Å². The summed E-state index contributed by atoms with van der Waals surface area (Å²) in [4.78, 5) is 15.6. The molecule has 2 heterocycles. The van der Waals surface area contributed by atoms with E-state index in [1.807, 2.05) is 24.3 Å². The summed E-state index contributed by atoms with van der Waals surface area (Å²) in [5, 5.41) is 2.53. The van der Waals surface area contributed by atoms with Crippen LogP contribution in [0.3, 0.4) is 0 Å². The van der Waals surface area contributed by atoms with Crippen molar-refractivity contribution < 1.29 is 4.42 Å². The third-order valence-electron chi connectivity index (χ3n) is 15.2. The quantitative estimate of drug-likeness (QED) is 0.157. The fourth-order valence-corrected chi connectivity index (χ4v) is 10.6. The van der Waals surface area contributed by atoms with Gasteiger partial charge < -0.3 is 4.42 Å². The minimum Gasteiger partial charge on any atom is -0.457 e. The molecule has 9 rings (SSSR count). The molecule has 0 radical (unpaired) electrons. The first-order valence-corrected chi connectivity index (χ1v) is 22.6. The van der Waals surface area contributed by atoms with Crippen LogP contribution in [0.25, 0.3) is 89.5 Å². The lowest BCUT2D eigenvalue weighted by Crippen LogP contribution is -2.51. The number of nitrogens with zero attached hydrogens (tertiary/aromatic N) is 3. The molecule has 0 aliphatic carbocycles. The van der Waals surface area contributed by atoms with Crippen molar-refractivity contribution in [1.82, 2.24) is 15.0 Å². The smallest absolute Gasteiger partial charge is 0.164 e. The van der Waals surface area contributed by atoms with Crippen LogP contribution in [0.5, 0.6) is 0 Å². The molecule has 0 fully saturated rings. The van der Waals surface area contributed by atoms with E-state index in [1.54, 1.807) is 0 Å². The minimum absolute atomic E-state index is 0.660. The molecule has 0 amide bonds. The van der Waals surface area contributed by atoms with Gasteiger partial charge in [-0.05, 0) is 38.8 Å². The van der Waals surface area contributed by atoms with Gasteiger partial charge in [-0.1, -0.05) is 156 Å². The Morgan fingerprint density at radius 1 is 0.250 bits per heavy atom. The second-order valence-corrected chi connectivity index (χ2v) is 18.4. The molecule has 64 heavy (non-hydrogen) atoms. The summed E-state index contributed by atoms with van der Waals surface area (Å²) in [6.45, 7) is 0. The van der Waals surface area contributed by atoms with Crippen molar-refractivity contribution in [3.8, 4) is 67.5 Å². The summed E-state index contributed by atoms with van der Waals surface area (Å²) < 4.78 is 6.94. The van der Waals surface area contributed by atoms with Crippen LogP contribution in [0.2, 0.25) is 0 Å². The summed E-state index contributed by atoms with van der Waals surface area (Å²) in [6.07, 6.45) is 0. The average Bonchev–Trinajstić information content (AvgIpc) is 3.72. The van der Waals surface area contributed by atoms with Crippen molar-refractivity contribution in [2.45, 2.75) is 0 Å². The Hall–Kier alpha value is -5.68. The zero-order chi connectivity index (χ0) is 45.6. The van der Waals surface area contributed by atoms with Crippen LogP contribution in [0.4, 0.5) is 0 Å². The van der Waals surface area contributed by atoms with Crippen molar-refractivity contribution in [3.05, 3.63) is 84.9 Å². The van der Waals surface area contributed by atoms with Crippen LogP contribution in [0.1, 0.15) is 0 Å². The summed E-state index contributed by atoms with van der Waals surface area (Å²) in [5.74, 6) is 2.02. The fourth-order valence-electron chi connectivity index (χ4n) is 10.6. The Kier molecular flexibility index (Phi) is 11.2. The number of benzene rings is 7. The normalized spacial score (nSPS) is 11.4. The van der Waals surface area contributed by atoms with Gasteiger partial charge in [0, 0.05) is 27.5 Å². The number of rotatable bonds is 6. The largest absolute Gasteiger partial charge is 0.457 e. The predicted molar refractivity (Wildman–Crippen MR) is 322 cm³/mol. The number of hydrogen-bond acceptors (Lipinski definition) is 4. The molecule has 2 aromatic heterocycles. The topological polar surface area (TPSA) is 51.8 Å². The van der Waals surface area contributed by atoms with Crippen LogP contribution in [-0.2, 0) is 0 Å². The molecule has 19 heteroatoms. The number of furan rings is 1. The monoisotopic (exact) mass is 807 g/mol. The first kappa shape index (κ1) is 43.6.